The Hall–Kier alpha value is -3.47. The first kappa shape index (κ1) is 13.9. The van der Waals surface area contributed by atoms with Gasteiger partial charge in [-0.3, -0.25) is 9.89 Å². The second kappa shape index (κ2) is 5.01. The molecular formula is C20H14N4O. The number of fused-ring (bicyclic) bond motifs is 4. The lowest BCUT2D eigenvalue weighted by molar-refractivity contribution is 0.897. The number of aromatic amines is 1. The normalized spacial score (nSPS) is 11.6. The molecule has 0 unspecified atom stereocenters. The van der Waals surface area contributed by atoms with Gasteiger partial charge in [-0.2, -0.15) is 0 Å². The fourth-order valence-electron chi connectivity index (χ4n) is 3.26. The second-order valence-electron chi connectivity index (χ2n) is 6.16. The number of H-pyrrole nitrogens is 1. The molecule has 5 rings (SSSR count). The van der Waals surface area contributed by atoms with Gasteiger partial charge in [-0.15, -0.1) is 0 Å². The summed E-state index contributed by atoms with van der Waals surface area (Å²) in [5, 5.41) is 5.23. The van der Waals surface area contributed by atoms with E-state index in [1.807, 2.05) is 66.3 Å². The fraction of sp³-hybridized carbons (Fsp3) is 0.0500. The summed E-state index contributed by atoms with van der Waals surface area (Å²) in [6.45, 7) is 1.97. The minimum Gasteiger partial charge on any atom is -0.299 e. The Morgan fingerprint density at radius 3 is 2.68 bits per heavy atom. The maximum Gasteiger partial charge on any atom is 0.198 e. The van der Waals surface area contributed by atoms with Crippen molar-refractivity contribution in [2.24, 2.45) is 0 Å². The van der Waals surface area contributed by atoms with Crippen LogP contribution >= 0.6 is 0 Å². The highest BCUT2D eigenvalue weighted by Crippen LogP contribution is 2.24. The lowest BCUT2D eigenvalue weighted by atomic mass is 10.1. The van der Waals surface area contributed by atoms with Crippen LogP contribution in [0.3, 0.4) is 0 Å². The van der Waals surface area contributed by atoms with Gasteiger partial charge < -0.3 is 0 Å². The molecule has 5 aromatic rings. The molecule has 0 amide bonds. The smallest absolute Gasteiger partial charge is 0.198 e. The quantitative estimate of drug-likeness (QED) is 0.477. The van der Waals surface area contributed by atoms with Gasteiger partial charge in [-0.05, 0) is 31.2 Å². The molecule has 120 valence electrons. The Morgan fingerprint density at radius 1 is 1.00 bits per heavy atom. The van der Waals surface area contributed by atoms with Crippen molar-refractivity contribution in [1.82, 2.24) is 19.7 Å². The van der Waals surface area contributed by atoms with Gasteiger partial charge in [0.15, 0.2) is 11.1 Å². The van der Waals surface area contributed by atoms with Crippen LogP contribution in [0.2, 0.25) is 0 Å². The lowest BCUT2D eigenvalue weighted by Crippen LogP contribution is -2.05. The number of rotatable bonds is 1. The molecule has 0 aliphatic rings. The van der Waals surface area contributed by atoms with E-state index in [0.29, 0.717) is 21.8 Å². The maximum atomic E-state index is 12.9. The van der Waals surface area contributed by atoms with Crippen molar-refractivity contribution in [2.45, 2.75) is 6.92 Å². The van der Waals surface area contributed by atoms with Gasteiger partial charge in [-0.1, -0.05) is 29.8 Å². The molecular weight excluding hydrogens is 312 g/mol. The molecule has 3 aromatic heterocycles. The van der Waals surface area contributed by atoms with Gasteiger partial charge in [0.25, 0.3) is 0 Å². The molecule has 0 aliphatic heterocycles. The standard InChI is InChI=1S/C20H14N4O/c1-12-7-8-17-14(9-12)19(25)15-10-21-20-16(18(15)23-17)11-22-24(20)13-5-3-2-4-6-13/h2-11,22H,1H3. The zero-order chi connectivity index (χ0) is 17.0. The first-order valence-electron chi connectivity index (χ1n) is 8.07. The number of nitrogens with one attached hydrogen (secondary N) is 1. The van der Waals surface area contributed by atoms with Crippen LogP contribution < -0.4 is 5.43 Å². The summed E-state index contributed by atoms with van der Waals surface area (Å²) in [5.74, 6) is 0. The molecule has 0 bridgehead atoms. The largest absolute Gasteiger partial charge is 0.299 e. The van der Waals surface area contributed by atoms with Gasteiger partial charge in [-0.25, -0.2) is 14.6 Å². The lowest BCUT2D eigenvalue weighted by Gasteiger charge is -2.05. The molecule has 2 aromatic carbocycles. The Morgan fingerprint density at radius 2 is 1.84 bits per heavy atom. The topological polar surface area (TPSA) is 63.6 Å². The zero-order valence-corrected chi connectivity index (χ0v) is 13.5. The highest BCUT2D eigenvalue weighted by Gasteiger charge is 2.13. The van der Waals surface area contributed by atoms with E-state index in [2.05, 4.69) is 10.1 Å². The highest BCUT2D eigenvalue weighted by atomic mass is 16.1. The number of para-hydroxylation sites is 1. The Labute approximate surface area is 142 Å². The molecule has 0 radical (unpaired) electrons. The van der Waals surface area contributed by atoms with Gasteiger partial charge in [0.05, 0.1) is 27.5 Å². The highest BCUT2D eigenvalue weighted by molar-refractivity contribution is 6.05. The van der Waals surface area contributed by atoms with Crippen molar-refractivity contribution in [3.8, 4) is 5.69 Å². The van der Waals surface area contributed by atoms with Crippen molar-refractivity contribution in [2.75, 3.05) is 0 Å². The molecule has 0 fully saturated rings. The predicted octanol–water partition coefficient (Wildman–Crippen LogP) is 3.72. The summed E-state index contributed by atoms with van der Waals surface area (Å²) in [6.07, 6.45) is 3.48. The van der Waals surface area contributed by atoms with Crippen LogP contribution in [0.15, 0.2) is 65.7 Å². The number of pyridine rings is 2. The van der Waals surface area contributed by atoms with E-state index in [0.717, 1.165) is 22.3 Å². The van der Waals surface area contributed by atoms with Gasteiger partial charge >= 0.3 is 0 Å². The maximum absolute atomic E-state index is 12.9. The van der Waals surface area contributed by atoms with E-state index >= 15 is 0 Å². The SMILES string of the molecule is Cc1ccc2nc3c(cnc4c3c[nH]n4-c3ccccc3)c(=O)c2c1. The van der Waals surface area contributed by atoms with E-state index in [1.165, 1.54) is 0 Å². The van der Waals surface area contributed by atoms with Gasteiger partial charge in [0.2, 0.25) is 0 Å². The van der Waals surface area contributed by atoms with Crippen molar-refractivity contribution in [1.29, 1.82) is 0 Å². The molecule has 0 saturated carbocycles. The van der Waals surface area contributed by atoms with Crippen LogP contribution in [0, 0.1) is 6.92 Å². The van der Waals surface area contributed by atoms with E-state index in [4.69, 9.17) is 4.98 Å². The van der Waals surface area contributed by atoms with Crippen LogP contribution in [0.25, 0.3) is 38.5 Å². The number of hydrogen-bond acceptors (Lipinski definition) is 3. The molecule has 5 heteroatoms. The molecule has 0 saturated heterocycles. The monoisotopic (exact) mass is 326 g/mol. The van der Waals surface area contributed by atoms with Gasteiger partial charge in [0, 0.05) is 17.8 Å². The summed E-state index contributed by atoms with van der Waals surface area (Å²) >= 11 is 0. The minimum absolute atomic E-state index is 0.0226. The molecule has 0 aliphatic carbocycles. The number of benzene rings is 2. The third-order valence-corrected chi connectivity index (χ3v) is 4.50. The van der Waals surface area contributed by atoms with Crippen LogP contribution in [0.4, 0.5) is 0 Å². The average molecular weight is 326 g/mol. The van der Waals surface area contributed by atoms with E-state index in [9.17, 15) is 4.79 Å². The number of aryl methyl sites for hydroxylation is 1. The minimum atomic E-state index is -0.0226. The summed E-state index contributed by atoms with van der Waals surface area (Å²) < 4.78 is 1.89. The predicted molar refractivity (Wildman–Crippen MR) is 99.2 cm³/mol. The zero-order valence-electron chi connectivity index (χ0n) is 13.5. The van der Waals surface area contributed by atoms with E-state index < -0.39 is 0 Å². The van der Waals surface area contributed by atoms with Gasteiger partial charge in [0.1, 0.15) is 0 Å². The molecule has 0 spiro atoms. The van der Waals surface area contributed by atoms with Crippen LogP contribution in [-0.4, -0.2) is 19.7 Å². The summed E-state index contributed by atoms with van der Waals surface area (Å²) in [7, 11) is 0. The summed E-state index contributed by atoms with van der Waals surface area (Å²) in [6, 6.07) is 15.7. The van der Waals surface area contributed by atoms with Crippen LogP contribution in [0.5, 0.6) is 0 Å². The fourth-order valence-corrected chi connectivity index (χ4v) is 3.26. The van der Waals surface area contributed by atoms with Crippen molar-refractivity contribution in [3.63, 3.8) is 0 Å². The first-order chi connectivity index (χ1) is 12.2. The Bertz CT molecular complexity index is 1320. The van der Waals surface area contributed by atoms with Crippen LogP contribution in [0.1, 0.15) is 5.56 Å². The van der Waals surface area contributed by atoms with Crippen LogP contribution in [-0.2, 0) is 0 Å². The van der Waals surface area contributed by atoms with E-state index in [1.54, 1.807) is 6.20 Å². The average Bonchev–Trinajstić information content (AvgIpc) is 3.08. The summed E-state index contributed by atoms with van der Waals surface area (Å²) in [5.41, 5.74) is 4.13. The molecule has 25 heavy (non-hydrogen) atoms. The Kier molecular flexibility index (Phi) is 2.79. The number of hydrogen-bond donors (Lipinski definition) is 1. The molecule has 5 nitrogen and oxygen atoms in total. The van der Waals surface area contributed by atoms with E-state index in [-0.39, 0.29) is 5.43 Å². The van der Waals surface area contributed by atoms with Crippen molar-refractivity contribution >= 4 is 32.8 Å². The summed E-state index contributed by atoms with van der Waals surface area (Å²) in [4.78, 5) is 22.1. The third kappa shape index (κ3) is 1.99. The first-order valence-corrected chi connectivity index (χ1v) is 8.07. The molecule has 0 atom stereocenters. The van der Waals surface area contributed by atoms with Crippen molar-refractivity contribution < 1.29 is 0 Å². The van der Waals surface area contributed by atoms with Crippen molar-refractivity contribution in [3.05, 3.63) is 76.7 Å². The number of nitrogens with zero attached hydrogens (tertiary/aromatic N) is 3. The third-order valence-electron chi connectivity index (χ3n) is 4.50. The molecule has 3 heterocycles. The number of aromatic nitrogens is 4. The second-order valence-corrected chi connectivity index (χ2v) is 6.16. The molecule has 1 N–H and O–H groups in total. The Balaban J connectivity index is 1.90.